The molecule has 6 heteroatoms. The van der Waals surface area contributed by atoms with Crippen LogP contribution in [0.3, 0.4) is 0 Å². The summed E-state index contributed by atoms with van der Waals surface area (Å²) in [5.74, 6) is 5.90. The molecule has 3 N–H and O–H groups in total. The van der Waals surface area contributed by atoms with Crippen LogP contribution in [0.2, 0.25) is 0 Å². The number of ether oxygens (including phenoxy) is 1. The van der Waals surface area contributed by atoms with E-state index in [1.165, 1.54) is 12.1 Å². The Morgan fingerprint density at radius 2 is 2.22 bits per heavy atom. The molecule has 0 saturated heterocycles. The topological polar surface area (TPSA) is 47.3 Å². The van der Waals surface area contributed by atoms with E-state index in [4.69, 9.17) is 10.6 Å². The first-order valence-corrected chi connectivity index (χ1v) is 7.15. The van der Waals surface area contributed by atoms with Crippen molar-refractivity contribution < 1.29 is 9.13 Å². The number of thiophene rings is 1. The molecule has 18 heavy (non-hydrogen) atoms. The number of nitrogens with one attached hydrogen (secondary N) is 1. The van der Waals surface area contributed by atoms with E-state index in [1.54, 1.807) is 24.5 Å². The maximum Gasteiger partial charge on any atom is 0.124 e. The van der Waals surface area contributed by atoms with E-state index in [-0.39, 0.29) is 11.9 Å². The monoisotopic (exact) mass is 378 g/mol. The lowest BCUT2D eigenvalue weighted by atomic mass is 10.0. The fourth-order valence-electron chi connectivity index (χ4n) is 1.77. The molecule has 1 aromatic heterocycles. The molecule has 3 nitrogen and oxygen atoms in total. The van der Waals surface area contributed by atoms with Gasteiger partial charge in [0.15, 0.2) is 0 Å². The molecular weight excluding hydrogens is 366 g/mol. The number of benzene rings is 1. The Bertz CT molecular complexity index is 547. The summed E-state index contributed by atoms with van der Waals surface area (Å²) in [6.07, 6.45) is 0. The van der Waals surface area contributed by atoms with Gasteiger partial charge in [-0.25, -0.2) is 9.82 Å². The molecule has 2 aromatic rings. The van der Waals surface area contributed by atoms with Crippen molar-refractivity contribution in [1.29, 1.82) is 0 Å². The highest BCUT2D eigenvalue weighted by Gasteiger charge is 2.18. The number of halogens is 2. The molecule has 0 amide bonds. The third kappa shape index (κ3) is 2.82. The van der Waals surface area contributed by atoms with Gasteiger partial charge in [-0.2, -0.15) is 0 Å². The van der Waals surface area contributed by atoms with Crippen LogP contribution >= 0.6 is 33.9 Å². The largest absolute Gasteiger partial charge is 0.496 e. The summed E-state index contributed by atoms with van der Waals surface area (Å²) in [7, 11) is 1.56. The highest BCUT2D eigenvalue weighted by Crippen LogP contribution is 2.32. The van der Waals surface area contributed by atoms with Crippen LogP contribution in [0.1, 0.15) is 17.2 Å². The molecule has 1 aromatic carbocycles. The Morgan fingerprint density at radius 1 is 1.44 bits per heavy atom. The van der Waals surface area contributed by atoms with E-state index < -0.39 is 0 Å². The minimum absolute atomic E-state index is 0.282. The highest BCUT2D eigenvalue weighted by atomic mass is 127. The van der Waals surface area contributed by atoms with Crippen molar-refractivity contribution in [1.82, 2.24) is 5.43 Å². The Morgan fingerprint density at radius 3 is 2.78 bits per heavy atom. The highest BCUT2D eigenvalue weighted by molar-refractivity contribution is 14.1. The van der Waals surface area contributed by atoms with Crippen molar-refractivity contribution in [2.75, 3.05) is 7.11 Å². The molecule has 0 spiro atoms. The average Bonchev–Trinajstić information content (AvgIpc) is 2.77. The molecule has 0 radical (unpaired) electrons. The Balaban J connectivity index is 2.47. The Kier molecular flexibility index (Phi) is 4.55. The fraction of sp³-hybridized carbons (Fsp3) is 0.167. The molecule has 2 rings (SSSR count). The lowest BCUT2D eigenvalue weighted by Crippen LogP contribution is -2.29. The number of hydrogen-bond acceptors (Lipinski definition) is 4. The van der Waals surface area contributed by atoms with Gasteiger partial charge >= 0.3 is 0 Å². The summed E-state index contributed by atoms with van der Waals surface area (Å²) in [5, 5.41) is 2.00. The van der Waals surface area contributed by atoms with Crippen LogP contribution in [0, 0.1) is 8.70 Å². The fourth-order valence-corrected chi connectivity index (χ4v) is 3.17. The van der Waals surface area contributed by atoms with E-state index in [2.05, 4.69) is 28.0 Å². The van der Waals surface area contributed by atoms with E-state index in [0.29, 0.717) is 11.3 Å². The van der Waals surface area contributed by atoms with Gasteiger partial charge in [-0.15, -0.1) is 11.3 Å². The average molecular weight is 378 g/mol. The van der Waals surface area contributed by atoms with E-state index in [9.17, 15) is 4.39 Å². The Labute approximate surface area is 122 Å². The van der Waals surface area contributed by atoms with Gasteiger partial charge in [0.05, 0.1) is 16.0 Å². The molecule has 1 unspecified atom stereocenters. The summed E-state index contributed by atoms with van der Waals surface area (Å²) in [4.78, 5) is 0. The zero-order valence-electron chi connectivity index (χ0n) is 9.61. The quantitative estimate of drug-likeness (QED) is 0.489. The van der Waals surface area contributed by atoms with Gasteiger partial charge in [-0.05, 0) is 57.8 Å². The number of hydrogen-bond donors (Lipinski definition) is 2. The second kappa shape index (κ2) is 5.96. The second-order valence-electron chi connectivity index (χ2n) is 3.67. The lowest BCUT2D eigenvalue weighted by molar-refractivity contribution is 0.402. The smallest absolute Gasteiger partial charge is 0.124 e. The van der Waals surface area contributed by atoms with E-state index in [0.717, 1.165) is 8.45 Å². The zero-order chi connectivity index (χ0) is 13.1. The standard InChI is InChI=1S/C12H12FIN2OS/c1-17-10-3-2-8(13)5-9(10)12(16-15)7-4-11(14)18-6-7/h2-6,12,16H,15H2,1H3. The predicted octanol–water partition coefficient (Wildman–Crippen LogP) is 3.05. The van der Waals surface area contributed by atoms with Crippen LogP contribution in [-0.2, 0) is 0 Å². The van der Waals surface area contributed by atoms with Crippen LogP contribution < -0.4 is 16.0 Å². The zero-order valence-corrected chi connectivity index (χ0v) is 12.6. The predicted molar refractivity (Wildman–Crippen MR) is 79.2 cm³/mol. The number of hydrazine groups is 1. The van der Waals surface area contributed by atoms with Gasteiger partial charge in [0, 0.05) is 5.56 Å². The van der Waals surface area contributed by atoms with E-state index >= 15 is 0 Å². The first kappa shape index (κ1) is 13.7. The molecule has 0 aliphatic carbocycles. The first-order valence-electron chi connectivity index (χ1n) is 5.19. The van der Waals surface area contributed by atoms with Crippen LogP contribution in [0.5, 0.6) is 5.75 Å². The van der Waals surface area contributed by atoms with Gasteiger partial charge in [0.1, 0.15) is 11.6 Å². The van der Waals surface area contributed by atoms with Crippen molar-refractivity contribution in [3.05, 3.63) is 49.5 Å². The molecule has 1 atom stereocenters. The van der Waals surface area contributed by atoms with Crippen LogP contribution in [0.4, 0.5) is 4.39 Å². The molecule has 0 aliphatic rings. The third-order valence-electron chi connectivity index (χ3n) is 2.59. The lowest BCUT2D eigenvalue weighted by Gasteiger charge is -2.18. The van der Waals surface area contributed by atoms with Crippen molar-refractivity contribution in [2.24, 2.45) is 5.84 Å². The minimum atomic E-state index is -0.309. The van der Waals surface area contributed by atoms with Gasteiger partial charge < -0.3 is 4.74 Å². The summed E-state index contributed by atoms with van der Waals surface area (Å²) in [5.41, 5.74) is 4.39. The maximum absolute atomic E-state index is 13.4. The molecular formula is C12H12FIN2OS. The molecule has 0 aliphatic heterocycles. The number of methoxy groups -OCH3 is 1. The summed E-state index contributed by atoms with van der Waals surface area (Å²) in [6.45, 7) is 0. The summed E-state index contributed by atoms with van der Waals surface area (Å²) in [6, 6.07) is 6.14. The van der Waals surface area contributed by atoms with E-state index in [1.807, 2.05) is 11.4 Å². The third-order valence-corrected chi connectivity index (χ3v) is 4.40. The number of rotatable bonds is 4. The summed E-state index contributed by atoms with van der Waals surface area (Å²) >= 11 is 3.86. The van der Waals surface area contributed by atoms with Gasteiger partial charge in [0.2, 0.25) is 0 Å². The molecule has 0 bridgehead atoms. The molecule has 96 valence electrons. The first-order chi connectivity index (χ1) is 8.65. The maximum atomic E-state index is 13.4. The van der Waals surface area contributed by atoms with Crippen LogP contribution in [-0.4, -0.2) is 7.11 Å². The summed E-state index contributed by atoms with van der Waals surface area (Å²) < 4.78 is 19.8. The van der Waals surface area contributed by atoms with Gasteiger partial charge in [-0.3, -0.25) is 5.84 Å². The van der Waals surface area contributed by atoms with Crippen LogP contribution in [0.25, 0.3) is 0 Å². The SMILES string of the molecule is COc1ccc(F)cc1C(NN)c1csc(I)c1. The van der Waals surface area contributed by atoms with Crippen LogP contribution in [0.15, 0.2) is 29.6 Å². The van der Waals surface area contributed by atoms with Crippen molar-refractivity contribution in [2.45, 2.75) is 6.04 Å². The number of nitrogens with two attached hydrogens (primary N) is 1. The Hall–Kier alpha value is -0.700. The molecule has 0 fully saturated rings. The van der Waals surface area contributed by atoms with Crippen molar-refractivity contribution in [3.8, 4) is 5.75 Å². The van der Waals surface area contributed by atoms with Gasteiger partial charge in [0.25, 0.3) is 0 Å². The van der Waals surface area contributed by atoms with Gasteiger partial charge in [-0.1, -0.05) is 0 Å². The van der Waals surface area contributed by atoms with Crippen molar-refractivity contribution in [3.63, 3.8) is 0 Å². The normalized spacial score (nSPS) is 12.4. The second-order valence-corrected chi connectivity index (χ2v) is 6.48. The van der Waals surface area contributed by atoms with Crippen molar-refractivity contribution >= 4 is 33.9 Å². The molecule has 0 saturated carbocycles. The molecule has 1 heterocycles. The minimum Gasteiger partial charge on any atom is -0.496 e.